The van der Waals surface area contributed by atoms with Crippen molar-refractivity contribution in [3.05, 3.63) is 46.5 Å². The number of nitrogens with one attached hydrogen (secondary N) is 1. The number of benzene rings is 1. The number of rotatable bonds is 7. The number of non-ortho nitro benzene ring substituents is 1. The number of carbonyl (C=O) groups excluding carboxylic acids is 4. The number of hydrogen-bond donors (Lipinski definition) is 1. The van der Waals surface area contributed by atoms with Gasteiger partial charge in [-0.3, -0.25) is 34.2 Å². The first-order chi connectivity index (χ1) is 14.3. The van der Waals surface area contributed by atoms with Gasteiger partial charge in [0.15, 0.2) is 6.10 Å². The number of anilines is 1. The first-order valence-corrected chi connectivity index (χ1v) is 9.53. The lowest BCUT2D eigenvalue weighted by molar-refractivity contribution is -0.384. The number of esters is 1. The van der Waals surface area contributed by atoms with Crippen LogP contribution in [0.15, 0.2) is 36.4 Å². The Morgan fingerprint density at radius 2 is 1.87 bits per heavy atom. The number of nitro groups is 1. The maximum atomic E-state index is 12.4. The van der Waals surface area contributed by atoms with Crippen LogP contribution in [0.1, 0.15) is 26.2 Å². The Hall–Kier alpha value is -3.56. The molecule has 0 radical (unpaired) electrons. The second-order valence-corrected chi connectivity index (χ2v) is 7.16. The predicted molar refractivity (Wildman–Crippen MR) is 104 cm³/mol. The SMILES string of the molecule is C[C@@H](OC(=O)CCN1C(=O)[C@H]2CC=CC[C@H]2C1=O)C(=O)Nc1cccc([N+](=O)[O-])c1. The van der Waals surface area contributed by atoms with Crippen LogP contribution in [0.3, 0.4) is 0 Å². The molecule has 3 amide bonds. The highest BCUT2D eigenvalue weighted by Gasteiger charge is 2.47. The molecule has 1 aromatic rings. The number of nitrogens with zero attached hydrogens (tertiary/aromatic N) is 2. The van der Waals surface area contributed by atoms with Gasteiger partial charge < -0.3 is 10.1 Å². The van der Waals surface area contributed by atoms with Crippen LogP contribution in [-0.4, -0.2) is 46.2 Å². The van der Waals surface area contributed by atoms with Crippen LogP contribution < -0.4 is 5.32 Å². The average Bonchev–Trinajstić information content (AvgIpc) is 2.97. The largest absolute Gasteiger partial charge is 0.452 e. The topological polar surface area (TPSA) is 136 Å². The third-order valence-electron chi connectivity index (χ3n) is 5.14. The fraction of sp³-hybridized carbons (Fsp3) is 0.400. The number of carbonyl (C=O) groups is 4. The van der Waals surface area contributed by atoms with Crippen molar-refractivity contribution in [3.63, 3.8) is 0 Å². The summed E-state index contributed by atoms with van der Waals surface area (Å²) in [6.07, 6.45) is 3.42. The minimum Gasteiger partial charge on any atom is -0.452 e. The van der Waals surface area contributed by atoms with Gasteiger partial charge in [0.2, 0.25) is 11.8 Å². The Labute approximate surface area is 172 Å². The smallest absolute Gasteiger partial charge is 0.308 e. The molecule has 1 heterocycles. The molecule has 1 aliphatic carbocycles. The zero-order valence-corrected chi connectivity index (χ0v) is 16.3. The van der Waals surface area contributed by atoms with Gasteiger partial charge in [-0.25, -0.2) is 0 Å². The second kappa shape index (κ2) is 8.85. The number of fused-ring (bicyclic) bond motifs is 1. The molecule has 0 spiro atoms. The Kier molecular flexibility index (Phi) is 6.24. The van der Waals surface area contributed by atoms with E-state index in [0.29, 0.717) is 12.8 Å². The van der Waals surface area contributed by atoms with E-state index in [9.17, 15) is 29.3 Å². The molecular formula is C20H21N3O7. The van der Waals surface area contributed by atoms with Crippen LogP contribution in [-0.2, 0) is 23.9 Å². The fourth-order valence-electron chi connectivity index (χ4n) is 3.54. The fourth-order valence-corrected chi connectivity index (χ4v) is 3.54. The first-order valence-electron chi connectivity index (χ1n) is 9.53. The molecule has 0 saturated carbocycles. The molecule has 0 bridgehead atoms. The molecular weight excluding hydrogens is 394 g/mol. The monoisotopic (exact) mass is 415 g/mol. The zero-order valence-electron chi connectivity index (χ0n) is 16.3. The molecule has 30 heavy (non-hydrogen) atoms. The van der Waals surface area contributed by atoms with Gasteiger partial charge in [0, 0.05) is 24.4 Å². The molecule has 1 fully saturated rings. The molecule has 1 aliphatic heterocycles. The van der Waals surface area contributed by atoms with Crippen molar-refractivity contribution in [1.82, 2.24) is 4.90 Å². The number of amides is 3. The van der Waals surface area contributed by atoms with Gasteiger partial charge >= 0.3 is 5.97 Å². The molecule has 3 rings (SSSR count). The highest BCUT2D eigenvalue weighted by Crippen LogP contribution is 2.35. The molecule has 158 valence electrons. The Bertz CT molecular complexity index is 901. The van der Waals surface area contributed by atoms with E-state index < -0.39 is 22.9 Å². The predicted octanol–water partition coefficient (Wildman–Crippen LogP) is 1.81. The van der Waals surface area contributed by atoms with Gasteiger partial charge in [0.05, 0.1) is 23.2 Å². The van der Waals surface area contributed by atoms with E-state index in [1.807, 2.05) is 12.2 Å². The van der Waals surface area contributed by atoms with Crippen molar-refractivity contribution in [1.29, 1.82) is 0 Å². The molecule has 1 N–H and O–H groups in total. The lowest BCUT2D eigenvalue weighted by Gasteiger charge is -2.16. The quantitative estimate of drug-likeness (QED) is 0.236. The van der Waals surface area contributed by atoms with E-state index in [2.05, 4.69) is 5.32 Å². The molecule has 3 atom stereocenters. The highest BCUT2D eigenvalue weighted by molar-refractivity contribution is 6.05. The number of ether oxygens (including phenoxy) is 1. The van der Waals surface area contributed by atoms with Crippen LogP contribution >= 0.6 is 0 Å². The summed E-state index contributed by atoms with van der Waals surface area (Å²) >= 11 is 0. The van der Waals surface area contributed by atoms with Crippen molar-refractivity contribution < 1.29 is 28.8 Å². The van der Waals surface area contributed by atoms with Gasteiger partial charge in [-0.1, -0.05) is 18.2 Å². The van der Waals surface area contributed by atoms with E-state index in [4.69, 9.17) is 4.74 Å². The van der Waals surface area contributed by atoms with Crippen LogP contribution in [0.25, 0.3) is 0 Å². The Balaban J connectivity index is 1.49. The Morgan fingerprint density at radius 3 is 2.47 bits per heavy atom. The summed E-state index contributed by atoms with van der Waals surface area (Å²) in [6.45, 7) is 1.26. The molecule has 10 heteroatoms. The summed E-state index contributed by atoms with van der Waals surface area (Å²) < 4.78 is 5.06. The number of imide groups is 1. The van der Waals surface area contributed by atoms with Crippen molar-refractivity contribution in [3.8, 4) is 0 Å². The van der Waals surface area contributed by atoms with Crippen molar-refractivity contribution in [2.75, 3.05) is 11.9 Å². The maximum Gasteiger partial charge on any atom is 0.308 e. The van der Waals surface area contributed by atoms with Crippen LogP contribution in [0.4, 0.5) is 11.4 Å². The molecule has 10 nitrogen and oxygen atoms in total. The number of nitro benzene ring substituents is 1. The van der Waals surface area contributed by atoms with Crippen LogP contribution in [0, 0.1) is 22.0 Å². The van der Waals surface area contributed by atoms with Gasteiger partial charge in [-0.2, -0.15) is 0 Å². The van der Waals surface area contributed by atoms with Crippen molar-refractivity contribution in [2.24, 2.45) is 11.8 Å². The van der Waals surface area contributed by atoms with Gasteiger partial charge in [-0.05, 0) is 25.8 Å². The molecule has 1 aromatic carbocycles. The minimum atomic E-state index is -1.16. The van der Waals surface area contributed by atoms with E-state index in [-0.39, 0.29) is 48.0 Å². The minimum absolute atomic E-state index is 0.0945. The first kappa shape index (κ1) is 21.2. The van der Waals surface area contributed by atoms with E-state index >= 15 is 0 Å². The van der Waals surface area contributed by atoms with Crippen LogP contribution in [0.5, 0.6) is 0 Å². The summed E-state index contributed by atoms with van der Waals surface area (Å²) in [5, 5.41) is 13.2. The number of likely N-dealkylation sites (tertiary alicyclic amines) is 1. The van der Waals surface area contributed by atoms with Crippen molar-refractivity contribution in [2.45, 2.75) is 32.3 Å². The molecule has 2 aliphatic rings. The zero-order chi connectivity index (χ0) is 21.8. The summed E-state index contributed by atoms with van der Waals surface area (Å²) in [5.74, 6) is -2.67. The second-order valence-electron chi connectivity index (χ2n) is 7.16. The summed E-state index contributed by atoms with van der Waals surface area (Å²) in [7, 11) is 0. The molecule has 1 saturated heterocycles. The third kappa shape index (κ3) is 4.53. The molecule has 0 aromatic heterocycles. The highest BCUT2D eigenvalue weighted by atomic mass is 16.6. The summed E-state index contributed by atoms with van der Waals surface area (Å²) in [5.41, 5.74) is 0.00901. The van der Waals surface area contributed by atoms with Gasteiger partial charge in [0.1, 0.15) is 0 Å². The normalized spacial score (nSPS) is 21.2. The number of hydrogen-bond acceptors (Lipinski definition) is 7. The van der Waals surface area contributed by atoms with E-state index in [0.717, 1.165) is 4.90 Å². The van der Waals surface area contributed by atoms with Crippen LogP contribution in [0.2, 0.25) is 0 Å². The van der Waals surface area contributed by atoms with E-state index in [1.54, 1.807) is 0 Å². The average molecular weight is 415 g/mol. The molecule has 0 unspecified atom stereocenters. The summed E-state index contributed by atoms with van der Waals surface area (Å²) in [4.78, 5) is 60.3. The van der Waals surface area contributed by atoms with Gasteiger partial charge in [-0.15, -0.1) is 0 Å². The lowest BCUT2D eigenvalue weighted by Crippen LogP contribution is -2.35. The maximum absolute atomic E-state index is 12.4. The van der Waals surface area contributed by atoms with Crippen molar-refractivity contribution >= 4 is 35.1 Å². The number of allylic oxidation sites excluding steroid dienone is 2. The summed E-state index contributed by atoms with van der Waals surface area (Å²) in [6, 6.07) is 5.36. The third-order valence-corrected chi connectivity index (χ3v) is 5.14. The Morgan fingerprint density at radius 1 is 1.23 bits per heavy atom. The standard InChI is InChI=1S/C20H21N3O7/c1-12(18(25)21-13-5-4-6-14(11-13)23(28)29)30-17(24)9-10-22-19(26)15-7-2-3-8-16(15)20(22)27/h2-6,11-12,15-16H,7-10H2,1H3,(H,21,25)/t12-,15-,16+/m1/s1. The van der Waals surface area contributed by atoms with Gasteiger partial charge in [0.25, 0.3) is 11.6 Å². The van der Waals surface area contributed by atoms with E-state index in [1.165, 1.54) is 31.2 Å². The lowest BCUT2D eigenvalue weighted by atomic mass is 9.85.